The monoisotopic (exact) mass is 509 g/mol. The van der Waals surface area contributed by atoms with E-state index in [4.69, 9.17) is 18.9 Å². The molecule has 0 saturated heterocycles. The SMILES string of the molecule is CCc1n(/N=C/c2cc(OC)c(N(C)C)c(OC)c2)cc[n+]1/N=C/c1cc(OC)c(N(C)C)c(OC)c1. The number of hydrogen-bond donors (Lipinski definition) is 0. The van der Waals surface area contributed by atoms with E-state index in [9.17, 15) is 0 Å². The fraction of sp³-hybridized carbons (Fsp3) is 0.370. The number of imidazole rings is 1. The maximum atomic E-state index is 5.58. The van der Waals surface area contributed by atoms with Gasteiger partial charge in [0.25, 0.3) is 0 Å². The van der Waals surface area contributed by atoms with Crippen molar-refractivity contribution in [1.82, 2.24) is 4.68 Å². The van der Waals surface area contributed by atoms with Gasteiger partial charge < -0.3 is 28.7 Å². The van der Waals surface area contributed by atoms with Crippen molar-refractivity contribution in [3.05, 3.63) is 53.6 Å². The highest BCUT2D eigenvalue weighted by molar-refractivity contribution is 5.85. The van der Waals surface area contributed by atoms with Crippen molar-refractivity contribution in [2.45, 2.75) is 13.3 Å². The Morgan fingerprint density at radius 2 is 1.19 bits per heavy atom. The van der Waals surface area contributed by atoms with Gasteiger partial charge in [-0.05, 0) is 24.3 Å². The van der Waals surface area contributed by atoms with Gasteiger partial charge in [0.15, 0.2) is 12.4 Å². The predicted molar refractivity (Wildman–Crippen MR) is 148 cm³/mol. The Bertz CT molecular complexity index is 1130. The molecular weight excluding hydrogens is 472 g/mol. The van der Waals surface area contributed by atoms with Crippen LogP contribution in [0, 0.1) is 0 Å². The van der Waals surface area contributed by atoms with Gasteiger partial charge in [-0.25, -0.2) is 0 Å². The second kappa shape index (κ2) is 12.2. The molecule has 10 heteroatoms. The molecule has 0 atom stereocenters. The van der Waals surface area contributed by atoms with E-state index in [0.29, 0.717) is 23.0 Å². The zero-order valence-corrected chi connectivity index (χ0v) is 23.1. The number of methoxy groups -OCH3 is 4. The van der Waals surface area contributed by atoms with Crippen LogP contribution in [-0.4, -0.2) is 73.7 Å². The second-order valence-electron chi connectivity index (χ2n) is 8.58. The summed E-state index contributed by atoms with van der Waals surface area (Å²) < 4.78 is 25.9. The molecule has 0 amide bonds. The lowest BCUT2D eigenvalue weighted by atomic mass is 10.1. The Morgan fingerprint density at radius 1 is 0.757 bits per heavy atom. The second-order valence-corrected chi connectivity index (χ2v) is 8.58. The normalized spacial score (nSPS) is 11.3. The molecule has 0 fully saturated rings. The maximum absolute atomic E-state index is 5.58. The van der Waals surface area contributed by atoms with Crippen molar-refractivity contribution in [3.8, 4) is 23.0 Å². The molecule has 0 unspecified atom stereocenters. The third kappa shape index (κ3) is 5.96. The zero-order valence-electron chi connectivity index (χ0n) is 23.1. The number of nitrogens with zero attached hydrogens (tertiary/aromatic N) is 6. The van der Waals surface area contributed by atoms with Crippen molar-refractivity contribution in [2.24, 2.45) is 10.2 Å². The van der Waals surface area contributed by atoms with Gasteiger partial charge in [-0.1, -0.05) is 17.1 Å². The third-order valence-electron chi connectivity index (χ3n) is 5.76. The van der Waals surface area contributed by atoms with Crippen LogP contribution in [0.4, 0.5) is 11.4 Å². The van der Waals surface area contributed by atoms with Crippen molar-refractivity contribution < 1.29 is 23.6 Å². The first-order chi connectivity index (χ1) is 17.8. The highest BCUT2D eigenvalue weighted by Crippen LogP contribution is 2.38. The minimum absolute atomic E-state index is 0.708. The van der Waals surface area contributed by atoms with E-state index in [2.05, 4.69) is 17.1 Å². The largest absolute Gasteiger partial charge is 0.494 e. The van der Waals surface area contributed by atoms with Gasteiger partial charge in [-0.3, -0.25) is 0 Å². The first kappa shape index (κ1) is 27.4. The van der Waals surface area contributed by atoms with Crippen LogP contribution in [0.5, 0.6) is 23.0 Å². The van der Waals surface area contributed by atoms with Gasteiger partial charge in [0.05, 0.1) is 47.3 Å². The summed E-state index contributed by atoms with van der Waals surface area (Å²) in [5.41, 5.74) is 3.45. The highest BCUT2D eigenvalue weighted by atomic mass is 16.5. The summed E-state index contributed by atoms with van der Waals surface area (Å²) in [5, 5.41) is 9.32. The van der Waals surface area contributed by atoms with Gasteiger partial charge in [0.1, 0.15) is 34.4 Å². The molecule has 37 heavy (non-hydrogen) atoms. The minimum atomic E-state index is 0.708. The van der Waals surface area contributed by atoms with E-state index in [1.807, 2.05) is 74.6 Å². The van der Waals surface area contributed by atoms with Crippen molar-refractivity contribution in [1.29, 1.82) is 0 Å². The average Bonchev–Trinajstić information content (AvgIpc) is 3.30. The first-order valence-corrected chi connectivity index (χ1v) is 11.8. The molecule has 0 radical (unpaired) electrons. The van der Waals surface area contributed by atoms with Crippen LogP contribution in [0.2, 0.25) is 0 Å². The molecular formula is C27H37N6O4+. The van der Waals surface area contributed by atoms with E-state index >= 15 is 0 Å². The van der Waals surface area contributed by atoms with E-state index < -0.39 is 0 Å². The molecule has 10 nitrogen and oxygen atoms in total. The molecule has 0 N–H and O–H groups in total. The smallest absolute Gasteiger partial charge is 0.307 e. The molecule has 2 aromatic carbocycles. The van der Waals surface area contributed by atoms with E-state index in [1.54, 1.807) is 50.2 Å². The van der Waals surface area contributed by atoms with Gasteiger partial charge in [0.2, 0.25) is 0 Å². The summed E-state index contributed by atoms with van der Waals surface area (Å²) >= 11 is 0. The van der Waals surface area contributed by atoms with Crippen LogP contribution in [0.15, 0.2) is 46.9 Å². The Morgan fingerprint density at radius 3 is 1.57 bits per heavy atom. The summed E-state index contributed by atoms with van der Waals surface area (Å²) in [4.78, 5) is 3.92. The van der Waals surface area contributed by atoms with E-state index in [-0.39, 0.29) is 0 Å². The van der Waals surface area contributed by atoms with Crippen LogP contribution in [-0.2, 0) is 6.42 Å². The van der Waals surface area contributed by atoms with Gasteiger partial charge >= 0.3 is 5.82 Å². The van der Waals surface area contributed by atoms with Crippen LogP contribution in [0.25, 0.3) is 0 Å². The third-order valence-corrected chi connectivity index (χ3v) is 5.76. The molecule has 0 saturated carbocycles. The van der Waals surface area contributed by atoms with Crippen LogP contribution < -0.4 is 33.4 Å². The topological polar surface area (TPSA) is 76.9 Å². The number of anilines is 2. The van der Waals surface area contributed by atoms with E-state index in [1.165, 1.54) is 0 Å². The molecule has 0 aliphatic carbocycles. The molecule has 3 rings (SSSR count). The fourth-order valence-corrected chi connectivity index (χ4v) is 4.05. The number of ether oxygens (including phenoxy) is 4. The molecule has 0 spiro atoms. The number of benzene rings is 2. The lowest BCUT2D eigenvalue weighted by Crippen LogP contribution is -2.31. The van der Waals surface area contributed by atoms with Crippen LogP contribution in [0.1, 0.15) is 23.9 Å². The van der Waals surface area contributed by atoms with Gasteiger partial charge in [-0.15, -0.1) is 9.35 Å². The lowest BCUT2D eigenvalue weighted by molar-refractivity contribution is -0.685. The van der Waals surface area contributed by atoms with Crippen molar-refractivity contribution in [2.75, 3.05) is 66.4 Å². The summed E-state index contributed by atoms with van der Waals surface area (Å²) in [5.74, 6) is 3.74. The Hall–Kier alpha value is -4.21. The lowest BCUT2D eigenvalue weighted by Gasteiger charge is -2.20. The Balaban J connectivity index is 1.93. The molecule has 198 valence electrons. The van der Waals surface area contributed by atoms with E-state index in [0.717, 1.165) is 34.7 Å². The summed E-state index contributed by atoms with van der Waals surface area (Å²) in [6.07, 6.45) is 8.00. The standard InChI is InChI=1S/C27H37N6O4/c1-10-25-32(28-17-19-13-21(34-6)26(30(2)3)22(14-19)35-7)11-12-33(25)29-18-20-15-23(36-8)27(31(4)5)24(16-20)37-9/h11-18H,10H2,1-9H3/q+1/b28-17+,29-18+. The zero-order chi connectivity index (χ0) is 27.1. The molecule has 0 bridgehead atoms. The van der Waals surface area contributed by atoms with Crippen LogP contribution in [0.3, 0.4) is 0 Å². The molecule has 1 aromatic heterocycles. The minimum Gasteiger partial charge on any atom is -0.494 e. The molecule has 1 heterocycles. The summed E-state index contributed by atoms with van der Waals surface area (Å²) in [7, 11) is 14.4. The Labute approximate surface area is 218 Å². The maximum Gasteiger partial charge on any atom is 0.307 e. The molecule has 3 aromatic rings. The van der Waals surface area contributed by atoms with Crippen molar-refractivity contribution in [3.63, 3.8) is 0 Å². The first-order valence-electron chi connectivity index (χ1n) is 11.8. The number of rotatable bonds is 11. The predicted octanol–water partition coefficient (Wildman–Crippen LogP) is 3.27. The van der Waals surface area contributed by atoms with Crippen molar-refractivity contribution >= 4 is 23.8 Å². The van der Waals surface area contributed by atoms with Gasteiger partial charge in [0, 0.05) is 39.3 Å². The summed E-state index contributed by atoms with van der Waals surface area (Å²) in [6.45, 7) is 2.06. The molecule has 0 aliphatic rings. The van der Waals surface area contributed by atoms with Crippen LogP contribution >= 0.6 is 0 Å². The fourth-order valence-electron chi connectivity index (χ4n) is 4.05. The highest BCUT2D eigenvalue weighted by Gasteiger charge is 2.18. The Kier molecular flexibility index (Phi) is 9.00. The molecule has 0 aliphatic heterocycles. The number of aromatic nitrogens is 2. The van der Waals surface area contributed by atoms with Gasteiger partial charge in [-0.2, -0.15) is 0 Å². The number of hydrogen-bond acceptors (Lipinski definition) is 8. The average molecular weight is 510 g/mol. The quantitative estimate of drug-likeness (QED) is 0.292. The summed E-state index contributed by atoms with van der Waals surface area (Å²) in [6, 6.07) is 7.73.